The average molecular weight is 204 g/mol. The molecule has 0 aromatic carbocycles. The van der Waals surface area contributed by atoms with E-state index >= 15 is 0 Å². The van der Waals surface area contributed by atoms with E-state index in [0.29, 0.717) is 5.92 Å². The van der Waals surface area contributed by atoms with Gasteiger partial charge in [0, 0.05) is 30.4 Å². The zero-order valence-corrected chi connectivity index (χ0v) is 9.09. The summed E-state index contributed by atoms with van der Waals surface area (Å²) >= 11 is 0. The van der Waals surface area contributed by atoms with Crippen molar-refractivity contribution in [2.45, 2.75) is 26.3 Å². The van der Waals surface area contributed by atoms with Crippen molar-refractivity contribution < 1.29 is 0 Å². The molecule has 15 heavy (non-hydrogen) atoms. The largest absolute Gasteiger partial charge is 0.327 e. The SMILES string of the molecule is CC(C)C(N)Cc1ccn2nccc2n1. The van der Waals surface area contributed by atoms with Crippen LogP contribution in [0.4, 0.5) is 0 Å². The predicted molar refractivity (Wildman–Crippen MR) is 59.5 cm³/mol. The van der Waals surface area contributed by atoms with Gasteiger partial charge in [-0.3, -0.25) is 0 Å². The van der Waals surface area contributed by atoms with Crippen LogP contribution < -0.4 is 5.73 Å². The van der Waals surface area contributed by atoms with Crippen LogP contribution in [0.25, 0.3) is 5.65 Å². The van der Waals surface area contributed by atoms with E-state index in [1.807, 2.05) is 18.3 Å². The molecule has 4 heteroatoms. The number of nitrogens with zero attached hydrogens (tertiary/aromatic N) is 3. The van der Waals surface area contributed by atoms with E-state index in [0.717, 1.165) is 17.8 Å². The van der Waals surface area contributed by atoms with Crippen molar-refractivity contribution in [1.29, 1.82) is 0 Å². The molecule has 0 amide bonds. The van der Waals surface area contributed by atoms with Crippen LogP contribution in [0.5, 0.6) is 0 Å². The van der Waals surface area contributed by atoms with E-state index in [4.69, 9.17) is 5.73 Å². The number of hydrogen-bond acceptors (Lipinski definition) is 3. The molecule has 0 radical (unpaired) electrons. The Balaban J connectivity index is 2.21. The second-order valence-corrected chi connectivity index (χ2v) is 4.16. The third kappa shape index (κ3) is 2.15. The molecule has 0 fully saturated rings. The van der Waals surface area contributed by atoms with Crippen molar-refractivity contribution in [3.63, 3.8) is 0 Å². The monoisotopic (exact) mass is 204 g/mol. The molecule has 0 aliphatic rings. The van der Waals surface area contributed by atoms with Crippen LogP contribution in [-0.2, 0) is 6.42 Å². The molecule has 2 aromatic rings. The smallest absolute Gasteiger partial charge is 0.155 e. The quantitative estimate of drug-likeness (QED) is 0.818. The number of rotatable bonds is 3. The number of hydrogen-bond donors (Lipinski definition) is 1. The molecular formula is C11H16N4. The van der Waals surface area contributed by atoms with Gasteiger partial charge in [-0.15, -0.1) is 0 Å². The van der Waals surface area contributed by atoms with E-state index in [9.17, 15) is 0 Å². The van der Waals surface area contributed by atoms with Gasteiger partial charge in [0.05, 0.1) is 6.20 Å². The highest BCUT2D eigenvalue weighted by molar-refractivity contribution is 5.36. The summed E-state index contributed by atoms with van der Waals surface area (Å²) in [6, 6.07) is 4.04. The van der Waals surface area contributed by atoms with Crippen molar-refractivity contribution in [2.24, 2.45) is 11.7 Å². The number of fused-ring (bicyclic) bond motifs is 1. The fourth-order valence-corrected chi connectivity index (χ4v) is 1.44. The maximum Gasteiger partial charge on any atom is 0.155 e. The first kappa shape index (κ1) is 10.1. The Kier molecular flexibility index (Phi) is 2.68. The van der Waals surface area contributed by atoms with E-state index in [2.05, 4.69) is 23.9 Å². The maximum atomic E-state index is 6.01. The van der Waals surface area contributed by atoms with Gasteiger partial charge in [0.25, 0.3) is 0 Å². The fraction of sp³-hybridized carbons (Fsp3) is 0.455. The van der Waals surface area contributed by atoms with Gasteiger partial charge in [-0.05, 0) is 12.0 Å². The average Bonchev–Trinajstić information content (AvgIpc) is 2.64. The van der Waals surface area contributed by atoms with Crippen LogP contribution in [0.3, 0.4) is 0 Å². The van der Waals surface area contributed by atoms with Crippen LogP contribution in [0.2, 0.25) is 0 Å². The van der Waals surface area contributed by atoms with Gasteiger partial charge in [-0.2, -0.15) is 5.10 Å². The highest BCUT2D eigenvalue weighted by Gasteiger charge is 2.09. The lowest BCUT2D eigenvalue weighted by molar-refractivity contribution is 0.486. The molecule has 1 atom stereocenters. The maximum absolute atomic E-state index is 6.01. The topological polar surface area (TPSA) is 56.2 Å². The Morgan fingerprint density at radius 2 is 2.20 bits per heavy atom. The first-order chi connectivity index (χ1) is 7.16. The van der Waals surface area contributed by atoms with E-state index < -0.39 is 0 Å². The summed E-state index contributed by atoms with van der Waals surface area (Å²) in [7, 11) is 0. The molecule has 1 unspecified atom stereocenters. The lowest BCUT2D eigenvalue weighted by Crippen LogP contribution is -2.29. The van der Waals surface area contributed by atoms with Crippen LogP contribution in [0, 0.1) is 5.92 Å². The Labute approximate surface area is 89.1 Å². The summed E-state index contributed by atoms with van der Waals surface area (Å²) < 4.78 is 1.75. The molecule has 0 spiro atoms. The Morgan fingerprint density at radius 3 is 2.93 bits per heavy atom. The summed E-state index contributed by atoms with van der Waals surface area (Å²) in [5.74, 6) is 0.480. The zero-order chi connectivity index (χ0) is 10.8. The molecule has 0 aliphatic heterocycles. The van der Waals surface area contributed by atoms with Crippen LogP contribution in [-0.4, -0.2) is 20.6 Å². The second kappa shape index (κ2) is 3.98. The predicted octanol–water partition coefficient (Wildman–Crippen LogP) is 1.26. The number of nitrogens with two attached hydrogens (primary N) is 1. The van der Waals surface area contributed by atoms with Crippen molar-refractivity contribution >= 4 is 5.65 Å². The lowest BCUT2D eigenvalue weighted by atomic mass is 10.0. The van der Waals surface area contributed by atoms with Crippen molar-refractivity contribution in [2.75, 3.05) is 0 Å². The Bertz CT molecular complexity index is 447. The third-order valence-corrected chi connectivity index (χ3v) is 2.62. The second-order valence-electron chi connectivity index (χ2n) is 4.16. The summed E-state index contributed by atoms with van der Waals surface area (Å²) in [4.78, 5) is 4.48. The van der Waals surface area contributed by atoms with Crippen molar-refractivity contribution in [1.82, 2.24) is 14.6 Å². The van der Waals surface area contributed by atoms with Gasteiger partial charge in [-0.25, -0.2) is 9.50 Å². The summed E-state index contributed by atoms with van der Waals surface area (Å²) in [6.07, 6.45) is 4.48. The van der Waals surface area contributed by atoms with E-state index in [-0.39, 0.29) is 6.04 Å². The minimum absolute atomic E-state index is 0.169. The molecule has 0 aliphatic carbocycles. The summed E-state index contributed by atoms with van der Waals surface area (Å²) in [6.45, 7) is 4.25. The molecule has 0 bridgehead atoms. The van der Waals surface area contributed by atoms with Gasteiger partial charge in [0.15, 0.2) is 5.65 Å². The first-order valence-electron chi connectivity index (χ1n) is 5.21. The summed E-state index contributed by atoms with van der Waals surface area (Å²) in [5.41, 5.74) is 7.92. The lowest BCUT2D eigenvalue weighted by Gasteiger charge is -2.14. The molecular weight excluding hydrogens is 188 g/mol. The van der Waals surface area contributed by atoms with Gasteiger partial charge in [0.1, 0.15) is 0 Å². The fourth-order valence-electron chi connectivity index (χ4n) is 1.44. The van der Waals surface area contributed by atoms with Gasteiger partial charge in [-0.1, -0.05) is 13.8 Å². The van der Waals surface area contributed by atoms with Crippen molar-refractivity contribution in [3.05, 3.63) is 30.2 Å². The van der Waals surface area contributed by atoms with Gasteiger partial charge in [0.2, 0.25) is 0 Å². The van der Waals surface area contributed by atoms with E-state index in [1.165, 1.54) is 0 Å². The normalized spacial score (nSPS) is 13.6. The Morgan fingerprint density at radius 1 is 1.40 bits per heavy atom. The standard InChI is InChI=1S/C11H16N4/c1-8(2)10(12)7-9-4-6-15-11(14-9)3-5-13-15/h3-6,8,10H,7,12H2,1-2H3. The van der Waals surface area contributed by atoms with Crippen LogP contribution >= 0.6 is 0 Å². The van der Waals surface area contributed by atoms with Gasteiger partial charge >= 0.3 is 0 Å². The number of aromatic nitrogens is 3. The first-order valence-corrected chi connectivity index (χ1v) is 5.21. The molecule has 2 N–H and O–H groups in total. The zero-order valence-electron chi connectivity index (χ0n) is 9.09. The molecule has 2 heterocycles. The molecule has 0 saturated carbocycles. The highest BCUT2D eigenvalue weighted by Crippen LogP contribution is 2.07. The minimum Gasteiger partial charge on any atom is -0.327 e. The molecule has 0 saturated heterocycles. The molecule has 4 nitrogen and oxygen atoms in total. The minimum atomic E-state index is 0.169. The van der Waals surface area contributed by atoms with Crippen LogP contribution in [0.15, 0.2) is 24.5 Å². The molecule has 2 aromatic heterocycles. The highest BCUT2D eigenvalue weighted by atomic mass is 15.2. The summed E-state index contributed by atoms with van der Waals surface area (Å²) in [5, 5.41) is 4.10. The molecule has 2 rings (SSSR count). The van der Waals surface area contributed by atoms with Gasteiger partial charge < -0.3 is 5.73 Å². The van der Waals surface area contributed by atoms with E-state index in [1.54, 1.807) is 10.7 Å². The van der Waals surface area contributed by atoms with Crippen molar-refractivity contribution in [3.8, 4) is 0 Å². The third-order valence-electron chi connectivity index (χ3n) is 2.62. The Hall–Kier alpha value is -1.42. The van der Waals surface area contributed by atoms with Crippen LogP contribution in [0.1, 0.15) is 19.5 Å². The molecule has 80 valence electrons.